The summed E-state index contributed by atoms with van der Waals surface area (Å²) in [5.74, 6) is 0.163. The van der Waals surface area contributed by atoms with Gasteiger partial charge in [-0.25, -0.2) is 13.1 Å². The van der Waals surface area contributed by atoms with Crippen LogP contribution in [0.25, 0.3) is 0 Å². The second-order valence-corrected chi connectivity index (χ2v) is 6.67. The van der Waals surface area contributed by atoms with Crippen LogP contribution in [0.15, 0.2) is 23.1 Å². The molecular formula is C13H22N2O2S. The quantitative estimate of drug-likeness (QED) is 0.853. The summed E-state index contributed by atoms with van der Waals surface area (Å²) in [6.45, 7) is 8.04. The van der Waals surface area contributed by atoms with E-state index in [1.807, 2.05) is 33.8 Å². The lowest BCUT2D eigenvalue weighted by atomic mass is 10.1. The molecule has 1 rings (SSSR count). The van der Waals surface area contributed by atoms with Crippen molar-refractivity contribution in [2.75, 3.05) is 6.54 Å². The third kappa shape index (κ3) is 3.54. The first-order valence-electron chi connectivity index (χ1n) is 6.07. The molecular weight excluding hydrogens is 248 g/mol. The number of sulfonamides is 1. The Morgan fingerprint density at radius 3 is 2.28 bits per heavy atom. The van der Waals surface area contributed by atoms with Gasteiger partial charge in [0.1, 0.15) is 0 Å². The summed E-state index contributed by atoms with van der Waals surface area (Å²) in [6, 6.07) is 4.89. The predicted octanol–water partition coefficient (Wildman–Crippen LogP) is 1.57. The van der Waals surface area contributed by atoms with Crippen LogP contribution in [0.3, 0.4) is 0 Å². The van der Waals surface area contributed by atoms with Gasteiger partial charge in [-0.15, -0.1) is 0 Å². The van der Waals surface area contributed by atoms with Crippen LogP contribution < -0.4 is 10.5 Å². The van der Waals surface area contributed by atoms with Gasteiger partial charge in [0.25, 0.3) is 0 Å². The second kappa shape index (κ2) is 5.82. The van der Waals surface area contributed by atoms with Gasteiger partial charge in [-0.2, -0.15) is 0 Å². The van der Waals surface area contributed by atoms with E-state index < -0.39 is 10.0 Å². The Labute approximate surface area is 110 Å². The number of aryl methyl sites for hydroxylation is 2. The average Bonchev–Trinajstić information content (AvgIpc) is 2.29. The fourth-order valence-corrected chi connectivity index (χ4v) is 3.09. The molecule has 0 heterocycles. The van der Waals surface area contributed by atoms with Crippen LogP contribution >= 0.6 is 0 Å². The van der Waals surface area contributed by atoms with Crippen LogP contribution in [-0.2, 0) is 10.0 Å². The topological polar surface area (TPSA) is 72.2 Å². The molecule has 0 fully saturated rings. The normalized spacial score (nSPS) is 13.9. The van der Waals surface area contributed by atoms with Crippen molar-refractivity contribution in [1.82, 2.24) is 4.72 Å². The molecule has 5 heteroatoms. The summed E-state index contributed by atoms with van der Waals surface area (Å²) >= 11 is 0. The molecule has 0 aromatic heterocycles. The maximum absolute atomic E-state index is 12.2. The summed E-state index contributed by atoms with van der Waals surface area (Å²) in [4.78, 5) is 0.296. The number of nitrogens with two attached hydrogens (primary N) is 1. The zero-order chi connectivity index (χ0) is 13.9. The molecule has 0 aliphatic rings. The first kappa shape index (κ1) is 15.1. The van der Waals surface area contributed by atoms with Crippen LogP contribution in [0.4, 0.5) is 0 Å². The third-order valence-corrected chi connectivity index (χ3v) is 4.64. The molecule has 0 bridgehead atoms. The molecule has 0 aliphatic carbocycles. The highest BCUT2D eigenvalue weighted by Crippen LogP contribution is 2.15. The minimum Gasteiger partial charge on any atom is -0.329 e. The average molecular weight is 270 g/mol. The Hall–Kier alpha value is -0.910. The molecule has 4 nitrogen and oxygen atoms in total. The Morgan fingerprint density at radius 2 is 1.83 bits per heavy atom. The van der Waals surface area contributed by atoms with Gasteiger partial charge in [0.05, 0.1) is 4.90 Å². The van der Waals surface area contributed by atoms with Crippen molar-refractivity contribution in [2.24, 2.45) is 11.7 Å². The van der Waals surface area contributed by atoms with Crippen LogP contribution in [-0.4, -0.2) is 21.0 Å². The highest BCUT2D eigenvalue weighted by molar-refractivity contribution is 7.89. The van der Waals surface area contributed by atoms with E-state index in [-0.39, 0.29) is 12.0 Å². The first-order chi connectivity index (χ1) is 8.27. The monoisotopic (exact) mass is 270 g/mol. The lowest BCUT2D eigenvalue weighted by molar-refractivity contribution is 0.455. The van der Waals surface area contributed by atoms with Crippen LogP contribution in [0.2, 0.25) is 0 Å². The Balaban J connectivity index is 3.02. The summed E-state index contributed by atoms with van der Waals surface area (Å²) < 4.78 is 27.1. The van der Waals surface area contributed by atoms with Gasteiger partial charge in [-0.05, 0) is 43.0 Å². The molecule has 3 N–H and O–H groups in total. The molecule has 0 saturated heterocycles. The van der Waals surface area contributed by atoms with Gasteiger partial charge < -0.3 is 5.73 Å². The minimum absolute atomic E-state index is 0.163. The van der Waals surface area contributed by atoms with Crippen molar-refractivity contribution in [3.8, 4) is 0 Å². The van der Waals surface area contributed by atoms with Gasteiger partial charge in [-0.3, -0.25) is 0 Å². The molecule has 0 saturated carbocycles. The molecule has 1 unspecified atom stereocenters. The fourth-order valence-electron chi connectivity index (χ4n) is 1.60. The van der Waals surface area contributed by atoms with E-state index >= 15 is 0 Å². The second-order valence-electron chi connectivity index (χ2n) is 4.95. The van der Waals surface area contributed by atoms with Crippen molar-refractivity contribution in [3.63, 3.8) is 0 Å². The molecule has 1 atom stereocenters. The molecule has 0 spiro atoms. The number of nitrogens with one attached hydrogen (secondary N) is 1. The molecule has 102 valence electrons. The first-order valence-corrected chi connectivity index (χ1v) is 7.56. The number of hydrogen-bond donors (Lipinski definition) is 2. The van der Waals surface area contributed by atoms with Crippen molar-refractivity contribution in [3.05, 3.63) is 29.3 Å². The van der Waals surface area contributed by atoms with Crippen molar-refractivity contribution < 1.29 is 8.42 Å². The van der Waals surface area contributed by atoms with E-state index in [0.29, 0.717) is 11.4 Å². The number of rotatable bonds is 5. The number of hydrogen-bond acceptors (Lipinski definition) is 3. The predicted molar refractivity (Wildman–Crippen MR) is 73.9 cm³/mol. The van der Waals surface area contributed by atoms with E-state index in [9.17, 15) is 8.42 Å². The minimum atomic E-state index is -3.49. The van der Waals surface area contributed by atoms with E-state index in [2.05, 4.69) is 4.72 Å². The fraction of sp³-hybridized carbons (Fsp3) is 0.538. The molecule has 0 radical (unpaired) electrons. The lowest BCUT2D eigenvalue weighted by Crippen LogP contribution is -2.43. The Bertz CT molecular complexity index is 510. The van der Waals surface area contributed by atoms with E-state index in [1.165, 1.54) is 0 Å². The van der Waals surface area contributed by atoms with E-state index in [1.54, 1.807) is 12.1 Å². The molecule has 18 heavy (non-hydrogen) atoms. The highest BCUT2D eigenvalue weighted by Gasteiger charge is 2.21. The third-order valence-electron chi connectivity index (χ3n) is 3.15. The largest absolute Gasteiger partial charge is 0.329 e. The molecule has 0 amide bonds. The van der Waals surface area contributed by atoms with Crippen molar-refractivity contribution >= 4 is 10.0 Å². The van der Waals surface area contributed by atoms with E-state index in [4.69, 9.17) is 5.73 Å². The van der Waals surface area contributed by atoms with Gasteiger partial charge in [-0.1, -0.05) is 19.9 Å². The van der Waals surface area contributed by atoms with E-state index in [0.717, 1.165) is 11.1 Å². The Morgan fingerprint density at radius 1 is 1.22 bits per heavy atom. The standard InChI is InChI=1S/C13H22N2O2S/c1-9(2)13(8-14)15-18(16,17)12-6-5-10(3)11(4)7-12/h5-7,9,13,15H,8,14H2,1-4H3. The Kier molecular flexibility index (Phi) is 4.90. The summed E-state index contributed by atoms with van der Waals surface area (Å²) in [6.07, 6.45) is 0. The number of benzene rings is 1. The van der Waals surface area contributed by atoms with Crippen molar-refractivity contribution in [1.29, 1.82) is 0 Å². The van der Waals surface area contributed by atoms with Crippen LogP contribution in [0.5, 0.6) is 0 Å². The summed E-state index contributed by atoms with van der Waals surface area (Å²) in [5, 5.41) is 0. The summed E-state index contributed by atoms with van der Waals surface area (Å²) in [7, 11) is -3.49. The molecule has 0 aliphatic heterocycles. The maximum Gasteiger partial charge on any atom is 0.240 e. The lowest BCUT2D eigenvalue weighted by Gasteiger charge is -2.20. The zero-order valence-electron chi connectivity index (χ0n) is 11.4. The SMILES string of the molecule is Cc1ccc(S(=O)(=O)NC(CN)C(C)C)cc1C. The van der Waals surface area contributed by atoms with Crippen LogP contribution in [0.1, 0.15) is 25.0 Å². The summed E-state index contributed by atoms with van der Waals surface area (Å²) in [5.41, 5.74) is 7.63. The maximum atomic E-state index is 12.2. The van der Waals surface area contributed by atoms with Gasteiger partial charge in [0, 0.05) is 12.6 Å². The smallest absolute Gasteiger partial charge is 0.240 e. The highest BCUT2D eigenvalue weighted by atomic mass is 32.2. The van der Waals surface area contributed by atoms with Crippen molar-refractivity contribution in [2.45, 2.75) is 38.6 Å². The molecule has 1 aromatic carbocycles. The zero-order valence-corrected chi connectivity index (χ0v) is 12.2. The van der Waals surface area contributed by atoms with Gasteiger partial charge in [0.2, 0.25) is 10.0 Å². The molecule has 1 aromatic rings. The van der Waals surface area contributed by atoms with Crippen LogP contribution in [0, 0.1) is 19.8 Å². The van der Waals surface area contributed by atoms with Gasteiger partial charge in [0.15, 0.2) is 0 Å². The van der Waals surface area contributed by atoms with Gasteiger partial charge >= 0.3 is 0 Å².